The first-order chi connectivity index (χ1) is 7.29. The van der Waals surface area contributed by atoms with Crippen LogP contribution in [0.4, 0.5) is 0 Å². The van der Waals surface area contributed by atoms with Gasteiger partial charge in [-0.1, -0.05) is 11.6 Å². The fraction of sp³-hybridized carbons (Fsp3) is 0.400. The van der Waals surface area contributed by atoms with Crippen LogP contribution in [0.3, 0.4) is 0 Å². The lowest BCUT2D eigenvalue weighted by Gasteiger charge is -2.09. The number of benzene rings is 1. The molecular formula is C10H14ClNO3S. The van der Waals surface area contributed by atoms with Gasteiger partial charge in [-0.05, 0) is 37.1 Å². The summed E-state index contributed by atoms with van der Waals surface area (Å²) in [5.41, 5.74) is 1.79. The number of aryl methyl sites for hydroxylation is 2. The zero-order valence-corrected chi connectivity index (χ0v) is 10.7. The lowest BCUT2D eigenvalue weighted by Crippen LogP contribution is -2.21. The minimum atomic E-state index is -3.47. The molecule has 0 aliphatic rings. The number of primary sulfonamides is 1. The van der Waals surface area contributed by atoms with Crippen LogP contribution in [0.1, 0.15) is 11.1 Å². The molecule has 0 unspecified atom stereocenters. The van der Waals surface area contributed by atoms with Crippen molar-refractivity contribution in [3.63, 3.8) is 0 Å². The number of sulfonamides is 1. The Kier molecular flexibility index (Phi) is 4.18. The highest BCUT2D eigenvalue weighted by Crippen LogP contribution is 2.25. The molecule has 2 N–H and O–H groups in total. The average Bonchev–Trinajstić information content (AvgIpc) is 2.12. The zero-order valence-electron chi connectivity index (χ0n) is 9.16. The van der Waals surface area contributed by atoms with Gasteiger partial charge in [0.2, 0.25) is 10.0 Å². The van der Waals surface area contributed by atoms with E-state index in [0.29, 0.717) is 10.8 Å². The second-order valence-electron chi connectivity index (χ2n) is 3.59. The summed E-state index contributed by atoms with van der Waals surface area (Å²) in [4.78, 5) is 0. The zero-order chi connectivity index (χ0) is 12.3. The topological polar surface area (TPSA) is 69.4 Å². The fourth-order valence-electron chi connectivity index (χ4n) is 1.27. The van der Waals surface area contributed by atoms with Crippen molar-refractivity contribution >= 4 is 21.6 Å². The van der Waals surface area contributed by atoms with Gasteiger partial charge in [-0.2, -0.15) is 0 Å². The molecular weight excluding hydrogens is 250 g/mol. The SMILES string of the molecule is Cc1cc(OCCS(N)(=O)=O)cc(C)c1Cl. The Morgan fingerprint density at radius 2 is 1.81 bits per heavy atom. The molecule has 0 spiro atoms. The molecule has 4 nitrogen and oxygen atoms in total. The summed E-state index contributed by atoms with van der Waals surface area (Å²) in [6.45, 7) is 3.77. The summed E-state index contributed by atoms with van der Waals surface area (Å²) in [5, 5.41) is 5.55. The highest BCUT2D eigenvalue weighted by atomic mass is 35.5. The summed E-state index contributed by atoms with van der Waals surface area (Å²) in [6.07, 6.45) is 0. The predicted molar refractivity (Wildman–Crippen MR) is 64.4 cm³/mol. The van der Waals surface area contributed by atoms with Gasteiger partial charge in [0.15, 0.2) is 0 Å². The van der Waals surface area contributed by atoms with Crippen LogP contribution in [0.5, 0.6) is 5.75 Å². The molecule has 0 saturated heterocycles. The molecule has 0 heterocycles. The Morgan fingerprint density at radius 3 is 2.25 bits per heavy atom. The molecule has 16 heavy (non-hydrogen) atoms. The molecule has 0 saturated carbocycles. The molecule has 0 radical (unpaired) electrons. The number of hydrogen-bond acceptors (Lipinski definition) is 3. The third-order valence-corrected chi connectivity index (χ3v) is 3.38. The van der Waals surface area contributed by atoms with Crippen molar-refractivity contribution in [2.24, 2.45) is 5.14 Å². The van der Waals surface area contributed by atoms with Gasteiger partial charge in [-0.25, -0.2) is 13.6 Å². The minimum Gasteiger partial charge on any atom is -0.492 e. The van der Waals surface area contributed by atoms with E-state index < -0.39 is 10.0 Å². The molecule has 0 aromatic heterocycles. The summed E-state index contributed by atoms with van der Waals surface area (Å²) < 4.78 is 26.7. The minimum absolute atomic E-state index is 0.0410. The van der Waals surface area contributed by atoms with Crippen LogP contribution in [-0.4, -0.2) is 20.8 Å². The number of halogens is 1. The number of nitrogens with two attached hydrogens (primary N) is 1. The third kappa shape index (κ3) is 4.00. The van der Waals surface area contributed by atoms with E-state index in [1.54, 1.807) is 12.1 Å². The third-order valence-electron chi connectivity index (χ3n) is 2.05. The van der Waals surface area contributed by atoms with E-state index in [1.807, 2.05) is 13.8 Å². The van der Waals surface area contributed by atoms with Crippen LogP contribution in [-0.2, 0) is 10.0 Å². The van der Waals surface area contributed by atoms with E-state index in [2.05, 4.69) is 0 Å². The van der Waals surface area contributed by atoms with E-state index in [9.17, 15) is 8.42 Å². The Balaban J connectivity index is 2.69. The number of ether oxygens (including phenoxy) is 1. The predicted octanol–water partition coefficient (Wildman–Crippen LogP) is 1.62. The standard InChI is InChI=1S/C10H14ClNO3S/c1-7-5-9(6-8(2)10(7)11)15-3-4-16(12,13)14/h5-6H,3-4H2,1-2H3,(H2,12,13,14). The van der Waals surface area contributed by atoms with Crippen molar-refractivity contribution in [1.29, 1.82) is 0 Å². The van der Waals surface area contributed by atoms with Crippen molar-refractivity contribution in [3.8, 4) is 5.75 Å². The lowest BCUT2D eigenvalue weighted by molar-refractivity contribution is 0.340. The summed E-state index contributed by atoms with van der Waals surface area (Å²) in [7, 11) is -3.47. The van der Waals surface area contributed by atoms with Crippen LogP contribution < -0.4 is 9.88 Å². The van der Waals surface area contributed by atoms with E-state index in [4.69, 9.17) is 21.5 Å². The first kappa shape index (κ1) is 13.3. The highest BCUT2D eigenvalue weighted by Gasteiger charge is 2.06. The Morgan fingerprint density at radius 1 is 1.31 bits per heavy atom. The Hall–Kier alpha value is -0.780. The lowest BCUT2D eigenvalue weighted by atomic mass is 10.1. The molecule has 0 aliphatic heterocycles. The maximum absolute atomic E-state index is 10.7. The van der Waals surface area contributed by atoms with Crippen LogP contribution in [0, 0.1) is 13.8 Å². The maximum Gasteiger partial charge on any atom is 0.212 e. The Labute approximate surface area is 100 Å². The second-order valence-corrected chi connectivity index (χ2v) is 5.70. The van der Waals surface area contributed by atoms with E-state index in [-0.39, 0.29) is 12.4 Å². The molecule has 1 rings (SSSR count). The van der Waals surface area contributed by atoms with Gasteiger partial charge in [-0.3, -0.25) is 0 Å². The van der Waals surface area contributed by atoms with Gasteiger partial charge >= 0.3 is 0 Å². The Bertz CT molecular complexity index is 462. The first-order valence-electron chi connectivity index (χ1n) is 4.69. The van der Waals surface area contributed by atoms with Gasteiger partial charge in [0.1, 0.15) is 12.4 Å². The molecule has 0 atom stereocenters. The maximum atomic E-state index is 10.7. The number of rotatable bonds is 4. The van der Waals surface area contributed by atoms with Crippen molar-refractivity contribution in [2.75, 3.05) is 12.4 Å². The molecule has 1 aromatic rings. The van der Waals surface area contributed by atoms with Crippen molar-refractivity contribution in [2.45, 2.75) is 13.8 Å². The molecule has 0 amide bonds. The van der Waals surface area contributed by atoms with Crippen molar-refractivity contribution in [3.05, 3.63) is 28.3 Å². The monoisotopic (exact) mass is 263 g/mol. The quantitative estimate of drug-likeness (QED) is 0.898. The number of hydrogen-bond donors (Lipinski definition) is 1. The van der Waals surface area contributed by atoms with Crippen LogP contribution in [0.15, 0.2) is 12.1 Å². The van der Waals surface area contributed by atoms with Gasteiger partial charge < -0.3 is 4.74 Å². The molecule has 0 aliphatic carbocycles. The largest absolute Gasteiger partial charge is 0.492 e. The fourth-order valence-corrected chi connectivity index (χ4v) is 1.69. The van der Waals surface area contributed by atoms with Crippen molar-refractivity contribution in [1.82, 2.24) is 0 Å². The van der Waals surface area contributed by atoms with Gasteiger partial charge in [0.25, 0.3) is 0 Å². The van der Waals surface area contributed by atoms with E-state index in [1.165, 1.54) is 0 Å². The average molecular weight is 264 g/mol. The first-order valence-corrected chi connectivity index (χ1v) is 6.79. The summed E-state index contributed by atoms with van der Waals surface area (Å²) in [5.74, 6) is 0.399. The van der Waals surface area contributed by atoms with E-state index in [0.717, 1.165) is 11.1 Å². The van der Waals surface area contributed by atoms with Crippen LogP contribution in [0.2, 0.25) is 5.02 Å². The molecule has 1 aromatic carbocycles. The van der Waals surface area contributed by atoms with E-state index >= 15 is 0 Å². The summed E-state index contributed by atoms with van der Waals surface area (Å²) >= 11 is 5.98. The highest BCUT2D eigenvalue weighted by molar-refractivity contribution is 7.89. The van der Waals surface area contributed by atoms with Crippen LogP contribution >= 0.6 is 11.6 Å². The van der Waals surface area contributed by atoms with Gasteiger partial charge in [0.05, 0.1) is 5.75 Å². The van der Waals surface area contributed by atoms with Gasteiger partial charge in [-0.15, -0.1) is 0 Å². The normalized spacial score (nSPS) is 11.5. The van der Waals surface area contributed by atoms with Gasteiger partial charge in [0, 0.05) is 5.02 Å². The van der Waals surface area contributed by atoms with Crippen LogP contribution in [0.25, 0.3) is 0 Å². The molecule has 0 bridgehead atoms. The smallest absolute Gasteiger partial charge is 0.212 e. The molecule has 0 fully saturated rings. The van der Waals surface area contributed by atoms with Crippen molar-refractivity contribution < 1.29 is 13.2 Å². The second kappa shape index (κ2) is 5.03. The molecule has 90 valence electrons. The molecule has 6 heteroatoms. The summed E-state index contributed by atoms with van der Waals surface area (Å²) in [6, 6.07) is 3.52.